The zero-order chi connectivity index (χ0) is 43.2. The van der Waals surface area contributed by atoms with Gasteiger partial charge in [-0.1, -0.05) is 74.4 Å². The largest absolute Gasteiger partial charge is 0.444 e. The number of halogens is 1. The number of amides is 3. The minimum atomic E-state index is -0.647. The second-order valence-corrected chi connectivity index (χ2v) is 19.4. The predicted octanol–water partition coefficient (Wildman–Crippen LogP) is 10.8. The van der Waals surface area contributed by atoms with Gasteiger partial charge in [0.05, 0.1) is 0 Å². The van der Waals surface area contributed by atoms with Crippen LogP contribution in [0.5, 0.6) is 0 Å². The van der Waals surface area contributed by atoms with Gasteiger partial charge < -0.3 is 39.5 Å². The van der Waals surface area contributed by atoms with Crippen LogP contribution in [-0.2, 0) is 27.3 Å². The zero-order valence-corrected chi connectivity index (χ0v) is 38.1. The molecule has 0 bridgehead atoms. The van der Waals surface area contributed by atoms with Gasteiger partial charge in [0.2, 0.25) is 5.95 Å². The first-order chi connectivity index (χ1) is 27.7. The Morgan fingerprint density at radius 1 is 0.644 bits per heavy atom. The number of nitrogens with one attached hydrogen (secondary N) is 2. The van der Waals surface area contributed by atoms with E-state index in [1.54, 1.807) is 11.0 Å². The van der Waals surface area contributed by atoms with E-state index in [0.717, 1.165) is 62.5 Å². The van der Waals surface area contributed by atoms with Crippen LogP contribution in [-0.4, -0.2) is 98.0 Å². The first kappa shape index (κ1) is 47.7. The molecule has 2 fully saturated rings. The maximum absolute atomic E-state index is 13.4. The van der Waals surface area contributed by atoms with Gasteiger partial charge in [-0.15, -0.1) is 0 Å². The summed E-state index contributed by atoms with van der Waals surface area (Å²) < 4.78 is 17.4. The number of hydrogen-bond acceptors (Lipinski definition) is 10. The van der Waals surface area contributed by atoms with Crippen LogP contribution in [0.4, 0.5) is 26.1 Å². The first-order valence-corrected chi connectivity index (χ1v) is 22.2. The minimum Gasteiger partial charge on any atom is -0.444 e. The molecule has 2 N–H and O–H groups in total. The number of ether oxygens (including phenoxy) is 3. The van der Waals surface area contributed by atoms with Gasteiger partial charge >= 0.3 is 18.3 Å². The van der Waals surface area contributed by atoms with Gasteiger partial charge in [0, 0.05) is 57.4 Å². The molecule has 0 spiro atoms. The molecule has 0 saturated heterocycles. The van der Waals surface area contributed by atoms with Gasteiger partial charge in [0.15, 0.2) is 0 Å². The number of benzene rings is 1. The van der Waals surface area contributed by atoms with Gasteiger partial charge in [-0.3, -0.25) is 0 Å². The topological polar surface area (TPSA) is 138 Å². The average Bonchev–Trinajstić information content (AvgIpc) is 3.14. The molecule has 2 aliphatic carbocycles. The molecule has 1 aromatic heterocycles. The summed E-state index contributed by atoms with van der Waals surface area (Å²) in [5.74, 6) is 0.992. The maximum Gasteiger partial charge on any atom is 0.410 e. The van der Waals surface area contributed by atoms with E-state index in [1.807, 2.05) is 96.4 Å². The summed E-state index contributed by atoms with van der Waals surface area (Å²) in [4.78, 5) is 54.3. The van der Waals surface area contributed by atoms with Crippen molar-refractivity contribution in [1.29, 1.82) is 0 Å². The molecule has 59 heavy (non-hydrogen) atoms. The van der Waals surface area contributed by atoms with Crippen molar-refractivity contribution < 1.29 is 28.6 Å². The average molecular weight is 843 g/mol. The molecule has 2 aromatic rings. The van der Waals surface area contributed by atoms with E-state index in [-0.39, 0.29) is 30.4 Å². The molecule has 2 aliphatic rings. The maximum atomic E-state index is 13.4. The summed E-state index contributed by atoms with van der Waals surface area (Å²) >= 11 is 6.40. The predicted molar refractivity (Wildman–Crippen MR) is 235 cm³/mol. The molecule has 1 aromatic carbocycles. The summed E-state index contributed by atoms with van der Waals surface area (Å²) in [5.41, 5.74) is 0.203. The third kappa shape index (κ3) is 17.6. The molecule has 0 radical (unpaired) electrons. The molecular weight excluding hydrogens is 770 g/mol. The normalized spacial score (nSPS) is 15.6. The smallest absolute Gasteiger partial charge is 0.410 e. The Morgan fingerprint density at radius 3 is 1.63 bits per heavy atom. The lowest BCUT2D eigenvalue weighted by atomic mass is 9.94. The Kier molecular flexibility index (Phi) is 17.8. The van der Waals surface area contributed by atoms with E-state index in [9.17, 15) is 14.4 Å². The molecular formula is C45H72ClN7O6. The third-order valence-electron chi connectivity index (χ3n) is 10.2. The van der Waals surface area contributed by atoms with Crippen LogP contribution in [0.15, 0.2) is 30.3 Å². The van der Waals surface area contributed by atoms with E-state index < -0.39 is 16.8 Å². The second-order valence-electron chi connectivity index (χ2n) is 19.0. The molecule has 330 valence electrons. The number of hydrogen-bond donors (Lipinski definition) is 2. The van der Waals surface area contributed by atoms with Crippen molar-refractivity contribution in [2.45, 2.75) is 181 Å². The molecule has 0 aliphatic heterocycles. The fourth-order valence-corrected chi connectivity index (χ4v) is 7.66. The number of carbonyl (C=O) groups is 3. The second kappa shape index (κ2) is 22.0. The highest BCUT2D eigenvalue weighted by atomic mass is 35.5. The standard InChI is InChI=1S/C45H72ClN7O6/c1-43(2,3)57-40(54)51(27-17-29-53(36-20-14-11-15-21-36)42(56)59-45(7,8)9)32-34-24-22-33(23-25-34)31-48-38-30-37(46)49-39(50-38)47-26-16-28-52(35-18-12-10-13-19-35)41(55)58-44(4,5)6/h22-25,30,35-36H,10-21,26-29,31-32H2,1-9H3,(H2,47,48,49,50). The highest BCUT2D eigenvalue weighted by molar-refractivity contribution is 6.29. The van der Waals surface area contributed by atoms with Crippen molar-refractivity contribution in [2.75, 3.05) is 36.8 Å². The van der Waals surface area contributed by atoms with Gasteiger partial charge in [0.1, 0.15) is 27.8 Å². The summed E-state index contributed by atoms with van der Waals surface area (Å²) in [5, 5.41) is 6.94. The zero-order valence-electron chi connectivity index (χ0n) is 37.3. The summed E-state index contributed by atoms with van der Waals surface area (Å²) in [6, 6.07) is 10.1. The number of rotatable bonds is 16. The minimum absolute atomic E-state index is 0.149. The quantitative estimate of drug-likeness (QED) is 0.0954. The molecule has 13 nitrogen and oxygen atoms in total. The molecule has 0 unspecified atom stereocenters. The van der Waals surface area contributed by atoms with Gasteiger partial charge in [-0.2, -0.15) is 4.98 Å². The Balaban J connectivity index is 1.32. The van der Waals surface area contributed by atoms with E-state index in [2.05, 4.69) is 20.6 Å². The molecule has 0 atom stereocenters. The summed E-state index contributed by atoms with van der Waals surface area (Å²) in [6.07, 6.45) is 11.2. The SMILES string of the molecule is CC(C)(C)OC(=O)N(CCCN(C(=O)OC(C)(C)C)C1CCCCC1)Cc1ccc(CNc2cc(Cl)nc(NCCCN(C(=O)OC(C)(C)C)C3CCCCC3)n2)cc1. The Bertz CT molecular complexity index is 1630. The highest BCUT2D eigenvalue weighted by Crippen LogP contribution is 2.27. The van der Waals surface area contributed by atoms with Gasteiger partial charge in [-0.05, 0) is 112 Å². The molecule has 1 heterocycles. The Hall–Kier alpha value is -4.00. The van der Waals surface area contributed by atoms with E-state index in [0.29, 0.717) is 69.0 Å². The van der Waals surface area contributed by atoms with Crippen LogP contribution in [0.1, 0.15) is 150 Å². The van der Waals surface area contributed by atoms with Crippen LogP contribution >= 0.6 is 11.6 Å². The summed E-state index contributed by atoms with van der Waals surface area (Å²) in [7, 11) is 0. The van der Waals surface area contributed by atoms with Crippen molar-refractivity contribution in [2.24, 2.45) is 0 Å². The van der Waals surface area contributed by atoms with Crippen LogP contribution in [0.3, 0.4) is 0 Å². The van der Waals surface area contributed by atoms with Gasteiger partial charge in [0.25, 0.3) is 0 Å². The number of nitrogens with zero attached hydrogens (tertiary/aromatic N) is 5. The van der Waals surface area contributed by atoms with Gasteiger partial charge in [-0.25, -0.2) is 19.4 Å². The van der Waals surface area contributed by atoms with Crippen molar-refractivity contribution in [3.05, 3.63) is 46.6 Å². The van der Waals surface area contributed by atoms with Crippen LogP contribution < -0.4 is 10.6 Å². The molecule has 2 saturated carbocycles. The van der Waals surface area contributed by atoms with Crippen molar-refractivity contribution in [1.82, 2.24) is 24.7 Å². The van der Waals surface area contributed by atoms with E-state index >= 15 is 0 Å². The fourth-order valence-electron chi connectivity index (χ4n) is 7.48. The molecule has 3 amide bonds. The van der Waals surface area contributed by atoms with Crippen LogP contribution in [0.25, 0.3) is 0 Å². The number of aromatic nitrogens is 2. The Labute approximate surface area is 358 Å². The number of carbonyl (C=O) groups excluding carboxylic acids is 3. The molecule has 4 rings (SSSR count). The van der Waals surface area contributed by atoms with E-state index in [1.165, 1.54) is 12.8 Å². The number of anilines is 2. The van der Waals surface area contributed by atoms with Crippen molar-refractivity contribution in [3.8, 4) is 0 Å². The lowest BCUT2D eigenvalue weighted by molar-refractivity contribution is 0.00910. The fraction of sp³-hybridized carbons (Fsp3) is 0.711. The Morgan fingerprint density at radius 2 is 1.12 bits per heavy atom. The highest BCUT2D eigenvalue weighted by Gasteiger charge is 2.31. The monoisotopic (exact) mass is 842 g/mol. The van der Waals surface area contributed by atoms with Crippen molar-refractivity contribution >= 4 is 41.6 Å². The first-order valence-electron chi connectivity index (χ1n) is 21.8. The van der Waals surface area contributed by atoms with Crippen LogP contribution in [0, 0.1) is 0 Å². The van der Waals surface area contributed by atoms with E-state index in [4.69, 9.17) is 25.8 Å². The third-order valence-corrected chi connectivity index (χ3v) is 10.4. The van der Waals surface area contributed by atoms with Crippen molar-refractivity contribution in [3.63, 3.8) is 0 Å². The summed E-state index contributed by atoms with van der Waals surface area (Å²) in [6.45, 7) is 19.9. The lowest BCUT2D eigenvalue weighted by Crippen LogP contribution is -2.45. The molecule has 14 heteroatoms. The van der Waals surface area contributed by atoms with Crippen LogP contribution in [0.2, 0.25) is 5.15 Å². The lowest BCUT2D eigenvalue weighted by Gasteiger charge is -2.36.